The van der Waals surface area contributed by atoms with E-state index in [-0.39, 0.29) is 69.8 Å². The maximum absolute atomic E-state index is 14.8. The Kier molecular flexibility index (Phi) is 23.8. The summed E-state index contributed by atoms with van der Waals surface area (Å²) in [4.78, 5) is 35.6. The van der Waals surface area contributed by atoms with Crippen LogP contribution in [0.5, 0.6) is 11.5 Å². The number of aliphatic hydroxyl groups excluding tert-OH is 3. The molecule has 4 aliphatic rings. The largest absolute Gasteiger partial charge is 0.459 e. The van der Waals surface area contributed by atoms with E-state index in [1.807, 2.05) is 17.0 Å². The van der Waals surface area contributed by atoms with Crippen LogP contribution >= 0.6 is 0 Å². The molecule has 13 nitrogen and oxygen atoms in total. The lowest BCUT2D eigenvalue weighted by Gasteiger charge is -2.60. The van der Waals surface area contributed by atoms with Crippen molar-refractivity contribution in [2.24, 2.45) is 28.8 Å². The number of allylic oxidation sites excluding steroid dienone is 1. The number of fused-ring (bicyclic) bond motifs is 2. The number of carbonyl (C=O) groups excluding carboxylic acids is 2. The zero-order valence-corrected chi connectivity index (χ0v) is 40.6. The Hall–Kier alpha value is -3.49. The van der Waals surface area contributed by atoms with Crippen LogP contribution in [0.2, 0.25) is 0 Å². The topological polar surface area (TPSA) is 169 Å². The molecule has 6 atom stereocenters. The maximum atomic E-state index is 14.8. The molecule has 6 unspecified atom stereocenters. The third-order valence-electron chi connectivity index (χ3n) is 14.5. The summed E-state index contributed by atoms with van der Waals surface area (Å²) in [6.45, 7) is 7.66. The van der Waals surface area contributed by atoms with Crippen LogP contribution in [-0.2, 0) is 19.1 Å². The number of unbranched alkanes of at least 4 members (excludes halogenated alkanes) is 11. The molecule has 0 aromatic heterocycles. The summed E-state index contributed by atoms with van der Waals surface area (Å²) in [6.07, 6.45) is 26.3. The van der Waals surface area contributed by atoms with Crippen molar-refractivity contribution in [2.75, 3.05) is 59.8 Å². The lowest BCUT2D eigenvalue weighted by Crippen LogP contribution is -2.70. The first kappa shape index (κ1) is 53.5. The number of aliphatic hydroxyl groups is 3. The molecule has 1 aromatic rings. The summed E-state index contributed by atoms with van der Waals surface area (Å²) in [6, 6.07) is 4.91. The van der Waals surface area contributed by atoms with Crippen molar-refractivity contribution < 1.29 is 48.7 Å². The van der Waals surface area contributed by atoms with Gasteiger partial charge in [-0.15, -0.1) is 6.58 Å². The van der Waals surface area contributed by atoms with E-state index < -0.39 is 23.8 Å². The molecule has 2 amide bonds. The Morgan fingerprint density at radius 1 is 0.909 bits per heavy atom. The van der Waals surface area contributed by atoms with Gasteiger partial charge in [0, 0.05) is 50.6 Å². The van der Waals surface area contributed by atoms with Gasteiger partial charge in [0.15, 0.2) is 0 Å². The highest BCUT2D eigenvalue weighted by molar-refractivity contribution is 6.03. The predicted octanol–water partition coefficient (Wildman–Crippen LogP) is 9.77. The minimum absolute atomic E-state index is 0.0130. The fourth-order valence-corrected chi connectivity index (χ4v) is 11.3. The molecule has 2 fully saturated rings. The SMILES string of the molecule is C=CCOC12Oc3ccc(OC(=O)NCCCCCCCCCCCC)cc3C3C(CCCCO)C(CCCCO)C=C(C(=NOC)CC1N(CCOCCO)C(=O)CCC1CCCC1)C32. The van der Waals surface area contributed by atoms with Gasteiger partial charge < -0.3 is 49.3 Å². The van der Waals surface area contributed by atoms with Gasteiger partial charge in [-0.1, -0.05) is 121 Å². The predicted molar refractivity (Wildman–Crippen MR) is 259 cm³/mol. The average molecular weight is 924 g/mol. The second kappa shape index (κ2) is 29.4. The van der Waals surface area contributed by atoms with E-state index in [0.29, 0.717) is 55.4 Å². The van der Waals surface area contributed by atoms with Gasteiger partial charge in [-0.3, -0.25) is 4.79 Å². The smallest absolute Gasteiger partial charge is 0.412 e. The van der Waals surface area contributed by atoms with Gasteiger partial charge in [0.05, 0.1) is 38.1 Å². The Morgan fingerprint density at radius 3 is 2.30 bits per heavy atom. The van der Waals surface area contributed by atoms with Crippen molar-refractivity contribution in [3.8, 4) is 11.5 Å². The molecule has 13 heteroatoms. The molecule has 0 saturated heterocycles. The van der Waals surface area contributed by atoms with Crippen LogP contribution in [0.3, 0.4) is 0 Å². The number of carbonyl (C=O) groups is 2. The third kappa shape index (κ3) is 15.0. The van der Waals surface area contributed by atoms with Crippen LogP contribution in [0, 0.1) is 23.7 Å². The fourth-order valence-electron chi connectivity index (χ4n) is 11.3. The highest BCUT2D eigenvalue weighted by Crippen LogP contribution is 2.62. The molecule has 3 aliphatic carbocycles. The lowest BCUT2D eigenvalue weighted by molar-refractivity contribution is -0.258. The third-order valence-corrected chi connectivity index (χ3v) is 14.5. The van der Waals surface area contributed by atoms with Crippen molar-refractivity contribution in [3.05, 3.63) is 48.1 Å². The molecular formula is C53H85N3O10. The maximum Gasteiger partial charge on any atom is 0.412 e. The summed E-state index contributed by atoms with van der Waals surface area (Å²) in [5.41, 5.74) is 2.54. The quantitative estimate of drug-likeness (QED) is 0.0303. The second-order valence-electron chi connectivity index (χ2n) is 19.1. The van der Waals surface area contributed by atoms with E-state index in [1.165, 1.54) is 57.8 Å². The van der Waals surface area contributed by atoms with E-state index >= 15 is 0 Å². The number of hydrogen-bond donors (Lipinski definition) is 4. The number of benzene rings is 1. The van der Waals surface area contributed by atoms with Crippen molar-refractivity contribution >= 4 is 17.7 Å². The standard InChI is InChI=1S/C53H85N3O10/c1-4-6-7-8-9-10-11-12-13-18-29-54-52(61)65-42-26-27-47-45(38-42)50-43(24-17-20-32-58)41(23-16-19-31-57)37-44-46(55-62-3)39-48(53(66-47,51(44)50)64-34-5-2)56(30-35-63-36-33-59)49(60)28-25-40-21-14-15-22-40/h5,26-27,37-38,40-41,43,48,50-51,57-59H,2,4,6-25,28-36,39H2,1,3H3,(H,54,61). The van der Waals surface area contributed by atoms with Gasteiger partial charge in [-0.05, 0) is 80.1 Å². The highest BCUT2D eigenvalue weighted by atomic mass is 16.7. The molecule has 372 valence electrons. The molecule has 66 heavy (non-hydrogen) atoms. The summed E-state index contributed by atoms with van der Waals surface area (Å²) < 4.78 is 26.3. The highest BCUT2D eigenvalue weighted by Gasteiger charge is 2.65. The van der Waals surface area contributed by atoms with E-state index in [2.05, 4.69) is 24.9 Å². The Bertz CT molecular complexity index is 1660. The van der Waals surface area contributed by atoms with E-state index in [1.54, 1.807) is 19.3 Å². The Labute approximate surface area is 396 Å². The van der Waals surface area contributed by atoms with Crippen LogP contribution in [-0.4, -0.2) is 110 Å². The summed E-state index contributed by atoms with van der Waals surface area (Å²) in [7, 11) is 1.54. The van der Waals surface area contributed by atoms with E-state index in [0.717, 1.165) is 75.3 Å². The normalized spacial score (nSPS) is 24.0. The first-order valence-electron chi connectivity index (χ1n) is 25.9. The van der Waals surface area contributed by atoms with Crippen LogP contribution in [0.15, 0.2) is 47.7 Å². The molecule has 0 spiro atoms. The zero-order valence-electron chi connectivity index (χ0n) is 40.6. The van der Waals surface area contributed by atoms with E-state index in [4.69, 9.17) is 28.9 Å². The van der Waals surface area contributed by atoms with Gasteiger partial charge in [0.2, 0.25) is 11.7 Å². The number of amides is 2. The number of ether oxygens (including phenoxy) is 4. The molecule has 1 aliphatic heterocycles. The number of rotatable bonds is 33. The number of oxime groups is 1. The second-order valence-corrected chi connectivity index (χ2v) is 19.1. The van der Waals surface area contributed by atoms with Gasteiger partial charge in [-0.25, -0.2) is 4.79 Å². The monoisotopic (exact) mass is 924 g/mol. The molecular weight excluding hydrogens is 839 g/mol. The first-order valence-corrected chi connectivity index (χ1v) is 25.9. The number of hydrogen-bond acceptors (Lipinski definition) is 11. The van der Waals surface area contributed by atoms with Gasteiger partial charge in [-0.2, -0.15) is 0 Å². The van der Waals surface area contributed by atoms with Gasteiger partial charge in [0.1, 0.15) is 24.7 Å². The molecule has 1 aromatic carbocycles. The number of nitrogens with one attached hydrogen (secondary N) is 1. The minimum atomic E-state index is -1.40. The van der Waals surface area contributed by atoms with Crippen molar-refractivity contribution in [3.63, 3.8) is 0 Å². The molecule has 0 radical (unpaired) electrons. The van der Waals surface area contributed by atoms with Crippen LogP contribution in [0.25, 0.3) is 0 Å². The fraction of sp³-hybridized carbons (Fsp3) is 0.755. The first-order chi connectivity index (χ1) is 32.3. The van der Waals surface area contributed by atoms with Crippen molar-refractivity contribution in [1.82, 2.24) is 10.2 Å². The Morgan fingerprint density at radius 2 is 1.62 bits per heavy atom. The minimum Gasteiger partial charge on any atom is -0.459 e. The molecule has 5 rings (SSSR count). The molecule has 1 heterocycles. The molecule has 0 bridgehead atoms. The molecule has 2 saturated carbocycles. The lowest BCUT2D eigenvalue weighted by atomic mass is 9.55. The Balaban J connectivity index is 1.52. The van der Waals surface area contributed by atoms with Crippen LogP contribution in [0.1, 0.15) is 166 Å². The van der Waals surface area contributed by atoms with Crippen molar-refractivity contribution in [1.29, 1.82) is 0 Å². The average Bonchev–Trinajstić information content (AvgIpc) is 3.85. The summed E-state index contributed by atoms with van der Waals surface area (Å²) in [5.74, 6) is -0.532. The number of nitrogens with zero attached hydrogens (tertiary/aromatic N) is 2. The van der Waals surface area contributed by atoms with Gasteiger partial charge in [0.25, 0.3) is 0 Å². The summed E-state index contributed by atoms with van der Waals surface area (Å²) >= 11 is 0. The van der Waals surface area contributed by atoms with Crippen molar-refractivity contribution in [2.45, 2.75) is 172 Å². The van der Waals surface area contributed by atoms with E-state index in [9.17, 15) is 24.9 Å². The zero-order chi connectivity index (χ0) is 47.0. The molecule has 4 N–H and O–H groups in total. The van der Waals surface area contributed by atoms with Gasteiger partial charge >= 0.3 is 6.09 Å². The van der Waals surface area contributed by atoms with Crippen LogP contribution in [0.4, 0.5) is 4.79 Å². The summed E-state index contributed by atoms with van der Waals surface area (Å²) in [5, 5.41) is 37.1. The van der Waals surface area contributed by atoms with Crippen LogP contribution < -0.4 is 14.8 Å².